The van der Waals surface area contributed by atoms with E-state index in [1.807, 2.05) is 19.9 Å². The van der Waals surface area contributed by atoms with Gasteiger partial charge in [-0.25, -0.2) is 4.79 Å². The summed E-state index contributed by atoms with van der Waals surface area (Å²) in [5.74, 6) is 0.343. The minimum Gasteiger partial charge on any atom is -0.486 e. The van der Waals surface area contributed by atoms with Crippen LogP contribution in [0.15, 0.2) is 59.0 Å². The molecular weight excluding hydrogens is 505 g/mol. The number of hydrogen-bond acceptors (Lipinski definition) is 6. The molecule has 2 aromatic heterocycles. The molecule has 0 spiro atoms. The summed E-state index contributed by atoms with van der Waals surface area (Å²) in [5, 5.41) is 8.38. The van der Waals surface area contributed by atoms with Crippen molar-refractivity contribution in [2.75, 3.05) is 12.4 Å². The Morgan fingerprint density at radius 1 is 1.03 bits per heavy atom. The molecule has 186 valence electrons. The highest BCUT2D eigenvalue weighted by atomic mass is 35.5. The van der Waals surface area contributed by atoms with E-state index in [4.69, 9.17) is 32.4 Å². The molecule has 0 atom stereocenters. The van der Waals surface area contributed by atoms with Crippen LogP contribution in [-0.4, -0.2) is 28.8 Å². The van der Waals surface area contributed by atoms with Gasteiger partial charge in [0.2, 0.25) is 0 Å². The van der Waals surface area contributed by atoms with Gasteiger partial charge in [0.1, 0.15) is 18.1 Å². The minimum atomic E-state index is -0.423. The number of rotatable bonds is 8. The average Bonchev–Trinajstić information content (AvgIpc) is 3.45. The molecule has 1 amide bonds. The normalized spacial score (nSPS) is 10.8. The van der Waals surface area contributed by atoms with E-state index < -0.39 is 11.9 Å². The Kier molecular flexibility index (Phi) is 7.67. The van der Waals surface area contributed by atoms with Crippen LogP contribution in [0.5, 0.6) is 5.75 Å². The Morgan fingerprint density at radius 3 is 2.47 bits per heavy atom. The fourth-order valence-corrected chi connectivity index (χ4v) is 3.88. The van der Waals surface area contributed by atoms with E-state index in [9.17, 15) is 9.59 Å². The first-order valence-corrected chi connectivity index (χ1v) is 11.7. The lowest BCUT2D eigenvalue weighted by Crippen LogP contribution is -2.12. The molecule has 0 saturated heterocycles. The smallest absolute Gasteiger partial charge is 0.337 e. The Morgan fingerprint density at radius 2 is 1.78 bits per heavy atom. The topological polar surface area (TPSA) is 95.6 Å². The number of furan rings is 1. The summed E-state index contributed by atoms with van der Waals surface area (Å²) in [6, 6.07) is 15.2. The van der Waals surface area contributed by atoms with Crippen LogP contribution in [0.25, 0.3) is 0 Å². The van der Waals surface area contributed by atoms with Crippen LogP contribution in [-0.2, 0) is 17.9 Å². The van der Waals surface area contributed by atoms with Crippen molar-refractivity contribution < 1.29 is 23.5 Å². The van der Waals surface area contributed by atoms with E-state index in [0.717, 1.165) is 11.3 Å². The SMILES string of the molecule is COC(=O)c1ccc(OCc2ccc(C(=O)Nc3c(C)nn(Cc4ccc(Cl)c(Cl)c4)c3C)o2)cc1. The maximum absolute atomic E-state index is 12.8. The van der Waals surface area contributed by atoms with Crippen molar-refractivity contribution in [2.24, 2.45) is 0 Å². The van der Waals surface area contributed by atoms with Gasteiger partial charge in [-0.1, -0.05) is 29.3 Å². The van der Waals surface area contributed by atoms with E-state index in [1.54, 1.807) is 53.2 Å². The number of aromatic nitrogens is 2. The monoisotopic (exact) mass is 527 g/mol. The summed E-state index contributed by atoms with van der Waals surface area (Å²) in [6.45, 7) is 4.29. The Labute approximate surface area is 217 Å². The first-order valence-electron chi connectivity index (χ1n) is 10.9. The van der Waals surface area contributed by atoms with Crippen molar-refractivity contribution in [2.45, 2.75) is 27.0 Å². The fourth-order valence-electron chi connectivity index (χ4n) is 3.55. The lowest BCUT2D eigenvalue weighted by Gasteiger charge is -2.07. The van der Waals surface area contributed by atoms with Crippen LogP contribution in [0.2, 0.25) is 10.0 Å². The number of nitrogens with one attached hydrogen (secondary N) is 1. The van der Waals surface area contributed by atoms with Gasteiger partial charge in [0.05, 0.1) is 46.3 Å². The van der Waals surface area contributed by atoms with Gasteiger partial charge in [0.15, 0.2) is 5.76 Å². The van der Waals surface area contributed by atoms with Crippen LogP contribution < -0.4 is 10.1 Å². The summed E-state index contributed by atoms with van der Waals surface area (Å²) in [7, 11) is 1.32. The van der Waals surface area contributed by atoms with Crippen molar-refractivity contribution in [1.82, 2.24) is 9.78 Å². The molecule has 0 radical (unpaired) electrons. The number of methoxy groups -OCH3 is 1. The summed E-state index contributed by atoms with van der Waals surface area (Å²) >= 11 is 12.1. The Hall–Kier alpha value is -3.75. The van der Waals surface area contributed by atoms with E-state index in [-0.39, 0.29) is 12.4 Å². The second-order valence-corrected chi connectivity index (χ2v) is 8.79. The predicted molar refractivity (Wildman–Crippen MR) is 136 cm³/mol. The molecule has 2 aromatic carbocycles. The zero-order valence-corrected chi connectivity index (χ0v) is 21.3. The molecule has 0 aliphatic carbocycles. The quantitative estimate of drug-likeness (QED) is 0.279. The number of aryl methyl sites for hydroxylation is 1. The Bertz CT molecular complexity index is 1410. The van der Waals surface area contributed by atoms with Crippen molar-refractivity contribution >= 4 is 40.8 Å². The standard InChI is InChI=1S/C26H23Cl2N3O5/c1-15-24(16(2)31(30-15)13-17-4-10-21(27)22(28)12-17)29-25(32)23-11-9-20(36-23)14-35-19-7-5-18(6-8-19)26(33)34-3/h4-12H,13-14H2,1-3H3,(H,29,32). The largest absolute Gasteiger partial charge is 0.486 e. The maximum Gasteiger partial charge on any atom is 0.337 e. The minimum absolute atomic E-state index is 0.116. The zero-order valence-electron chi connectivity index (χ0n) is 19.8. The van der Waals surface area contributed by atoms with Gasteiger partial charge in [-0.2, -0.15) is 5.10 Å². The molecule has 8 nitrogen and oxygen atoms in total. The highest BCUT2D eigenvalue weighted by molar-refractivity contribution is 6.42. The van der Waals surface area contributed by atoms with E-state index in [0.29, 0.717) is 45.0 Å². The highest BCUT2D eigenvalue weighted by Gasteiger charge is 2.18. The third kappa shape index (κ3) is 5.72. The van der Waals surface area contributed by atoms with Gasteiger partial charge in [0.25, 0.3) is 5.91 Å². The molecule has 0 bridgehead atoms. The lowest BCUT2D eigenvalue weighted by molar-refractivity contribution is 0.0600. The van der Waals surface area contributed by atoms with Crippen LogP contribution in [0.4, 0.5) is 5.69 Å². The van der Waals surface area contributed by atoms with Gasteiger partial charge < -0.3 is 19.2 Å². The number of anilines is 1. The van der Waals surface area contributed by atoms with Crippen LogP contribution in [0.1, 0.15) is 43.6 Å². The third-order valence-electron chi connectivity index (χ3n) is 5.48. The summed E-state index contributed by atoms with van der Waals surface area (Å²) in [5.41, 5.74) is 3.43. The summed E-state index contributed by atoms with van der Waals surface area (Å²) < 4.78 is 17.8. The molecular formula is C26H23Cl2N3O5. The predicted octanol–water partition coefficient (Wildman–Crippen LogP) is 6.07. The molecule has 10 heteroatoms. The van der Waals surface area contributed by atoms with Crippen molar-refractivity contribution in [3.8, 4) is 5.75 Å². The average molecular weight is 528 g/mol. The van der Waals surface area contributed by atoms with Crippen LogP contribution in [0.3, 0.4) is 0 Å². The fraction of sp³-hybridized carbons (Fsp3) is 0.192. The second kappa shape index (κ2) is 10.9. The van der Waals surface area contributed by atoms with Gasteiger partial charge in [-0.05, 0) is 67.9 Å². The van der Waals surface area contributed by atoms with Crippen molar-refractivity contribution in [1.29, 1.82) is 0 Å². The maximum atomic E-state index is 12.8. The summed E-state index contributed by atoms with van der Waals surface area (Å²) in [4.78, 5) is 24.3. The number of nitrogens with zero attached hydrogens (tertiary/aromatic N) is 2. The number of amides is 1. The lowest BCUT2D eigenvalue weighted by atomic mass is 10.2. The highest BCUT2D eigenvalue weighted by Crippen LogP contribution is 2.25. The van der Waals surface area contributed by atoms with E-state index in [1.165, 1.54) is 7.11 Å². The number of benzene rings is 2. The van der Waals surface area contributed by atoms with Gasteiger partial charge in [-0.15, -0.1) is 0 Å². The first-order chi connectivity index (χ1) is 17.2. The molecule has 36 heavy (non-hydrogen) atoms. The zero-order chi connectivity index (χ0) is 25.8. The van der Waals surface area contributed by atoms with Crippen molar-refractivity contribution in [3.63, 3.8) is 0 Å². The molecule has 4 rings (SSSR count). The molecule has 0 aliphatic heterocycles. The van der Waals surface area contributed by atoms with Gasteiger partial charge in [-0.3, -0.25) is 9.48 Å². The van der Waals surface area contributed by atoms with Gasteiger partial charge in [0, 0.05) is 0 Å². The molecule has 4 aromatic rings. The molecule has 0 saturated carbocycles. The molecule has 2 heterocycles. The number of carbonyl (C=O) groups excluding carboxylic acids is 2. The van der Waals surface area contributed by atoms with Crippen molar-refractivity contribution in [3.05, 3.63) is 98.7 Å². The van der Waals surface area contributed by atoms with E-state index >= 15 is 0 Å². The number of hydrogen-bond donors (Lipinski definition) is 1. The first kappa shape index (κ1) is 25.3. The molecule has 1 N–H and O–H groups in total. The Balaban J connectivity index is 1.38. The number of ether oxygens (including phenoxy) is 2. The molecule has 0 unspecified atom stereocenters. The summed E-state index contributed by atoms with van der Waals surface area (Å²) in [6.07, 6.45) is 0. The molecule has 0 fully saturated rings. The molecule has 0 aliphatic rings. The third-order valence-corrected chi connectivity index (χ3v) is 6.22. The van der Waals surface area contributed by atoms with E-state index in [2.05, 4.69) is 15.2 Å². The van der Waals surface area contributed by atoms with Gasteiger partial charge >= 0.3 is 5.97 Å². The second-order valence-electron chi connectivity index (χ2n) is 7.98. The number of halogens is 2. The van der Waals surface area contributed by atoms with Crippen LogP contribution >= 0.6 is 23.2 Å². The van der Waals surface area contributed by atoms with Crippen LogP contribution in [0, 0.1) is 13.8 Å². The number of carbonyl (C=O) groups is 2. The number of esters is 1.